The van der Waals surface area contributed by atoms with E-state index in [-0.39, 0.29) is 19.0 Å². The van der Waals surface area contributed by atoms with Crippen LogP contribution < -0.4 is 0 Å². The van der Waals surface area contributed by atoms with Gasteiger partial charge < -0.3 is 9.47 Å². The van der Waals surface area contributed by atoms with Gasteiger partial charge in [0.15, 0.2) is 0 Å². The molecular weight excluding hydrogens is 443 g/mol. The molecule has 0 atom stereocenters. The zero-order chi connectivity index (χ0) is 24.1. The topological polar surface area (TPSA) is 62.6 Å². The maximum Gasteiger partial charge on any atom is 0.416 e. The molecule has 6 nitrogen and oxygen atoms in total. The number of rotatable bonds is 10. The zero-order valence-corrected chi connectivity index (χ0v) is 19.2. The van der Waals surface area contributed by atoms with E-state index in [9.17, 15) is 26.4 Å². The molecule has 0 bridgehead atoms. The number of benzene rings is 1. The Morgan fingerprint density at radius 1 is 1.22 bits per heavy atom. The smallest absolute Gasteiger partial charge is 0.353 e. The standard InChI is InChI=1S/C22H28F3N3O3S/c1-5-11-28(32(30,31)20-10-6-8-18(13-20)22(23,24)25)16-21(29)27(14-17(2)3)15-19-9-7-12-26(19)4/h5-10,12-13,17H,1,11,14-16H2,2-4H3. The number of nitrogens with zero attached hydrogens (tertiary/aromatic N) is 3. The van der Waals surface area contributed by atoms with Crippen molar-refractivity contribution in [3.63, 3.8) is 0 Å². The van der Waals surface area contributed by atoms with Crippen LogP contribution in [0, 0.1) is 5.92 Å². The van der Waals surface area contributed by atoms with E-state index in [0.717, 1.165) is 28.2 Å². The fourth-order valence-electron chi connectivity index (χ4n) is 3.18. The van der Waals surface area contributed by atoms with Gasteiger partial charge in [-0.3, -0.25) is 4.79 Å². The Morgan fingerprint density at radius 2 is 1.91 bits per heavy atom. The van der Waals surface area contributed by atoms with E-state index in [1.165, 1.54) is 6.08 Å². The van der Waals surface area contributed by atoms with E-state index in [4.69, 9.17) is 0 Å². The third-order valence-electron chi connectivity index (χ3n) is 4.79. The molecule has 0 saturated heterocycles. The highest BCUT2D eigenvalue weighted by atomic mass is 32.2. The molecule has 1 heterocycles. The van der Waals surface area contributed by atoms with Gasteiger partial charge in [0.2, 0.25) is 15.9 Å². The molecule has 0 aliphatic heterocycles. The highest BCUT2D eigenvalue weighted by Crippen LogP contribution is 2.31. The summed E-state index contributed by atoms with van der Waals surface area (Å²) in [5, 5.41) is 0. The minimum Gasteiger partial charge on any atom is -0.353 e. The molecule has 0 radical (unpaired) electrons. The minimum absolute atomic E-state index is 0.132. The van der Waals surface area contributed by atoms with Crippen LogP contribution in [0.15, 0.2) is 60.1 Å². The van der Waals surface area contributed by atoms with Crippen LogP contribution in [0.5, 0.6) is 0 Å². The van der Waals surface area contributed by atoms with Crippen LogP contribution in [0.4, 0.5) is 13.2 Å². The predicted octanol–water partition coefficient (Wildman–Crippen LogP) is 3.91. The number of aryl methyl sites for hydroxylation is 1. The van der Waals surface area contributed by atoms with Crippen molar-refractivity contribution in [2.24, 2.45) is 13.0 Å². The van der Waals surface area contributed by atoms with Gasteiger partial charge in [0, 0.05) is 32.0 Å². The van der Waals surface area contributed by atoms with Gasteiger partial charge in [-0.15, -0.1) is 6.58 Å². The second-order valence-electron chi connectivity index (χ2n) is 7.89. The van der Waals surface area contributed by atoms with Crippen LogP contribution in [0.2, 0.25) is 0 Å². The SMILES string of the molecule is C=CCN(CC(=O)N(Cc1cccn1C)CC(C)C)S(=O)(=O)c1cccc(C(F)(F)F)c1. The molecule has 2 aromatic rings. The molecule has 0 aliphatic rings. The number of aromatic nitrogens is 1. The number of carbonyl (C=O) groups excluding carboxylic acids is 1. The van der Waals surface area contributed by atoms with Crippen LogP contribution in [-0.4, -0.2) is 47.7 Å². The van der Waals surface area contributed by atoms with Gasteiger partial charge in [-0.2, -0.15) is 17.5 Å². The second kappa shape index (κ2) is 10.4. The fraction of sp³-hybridized carbons (Fsp3) is 0.409. The highest BCUT2D eigenvalue weighted by Gasteiger charge is 2.33. The van der Waals surface area contributed by atoms with Gasteiger partial charge in [-0.05, 0) is 36.2 Å². The van der Waals surface area contributed by atoms with Gasteiger partial charge >= 0.3 is 6.18 Å². The van der Waals surface area contributed by atoms with Crippen molar-refractivity contribution in [1.29, 1.82) is 0 Å². The van der Waals surface area contributed by atoms with Crippen LogP contribution in [0.3, 0.4) is 0 Å². The Morgan fingerprint density at radius 3 is 2.44 bits per heavy atom. The van der Waals surface area contributed by atoms with Crippen LogP contribution in [0.25, 0.3) is 0 Å². The van der Waals surface area contributed by atoms with Crippen molar-refractivity contribution in [3.8, 4) is 0 Å². The van der Waals surface area contributed by atoms with Crippen molar-refractivity contribution >= 4 is 15.9 Å². The minimum atomic E-state index is -4.69. The van der Waals surface area contributed by atoms with Gasteiger partial charge in [0.05, 0.1) is 23.5 Å². The summed E-state index contributed by atoms with van der Waals surface area (Å²) in [7, 11) is -2.52. The first kappa shape index (κ1) is 25.7. The average molecular weight is 472 g/mol. The molecule has 0 fully saturated rings. The monoisotopic (exact) mass is 471 g/mol. The molecule has 0 unspecified atom stereocenters. The normalized spacial score (nSPS) is 12.4. The van der Waals surface area contributed by atoms with E-state index in [1.807, 2.05) is 43.8 Å². The summed E-state index contributed by atoms with van der Waals surface area (Å²) in [5.41, 5.74) is -0.205. The van der Waals surface area contributed by atoms with Crippen molar-refractivity contribution in [1.82, 2.24) is 13.8 Å². The van der Waals surface area contributed by atoms with Crippen molar-refractivity contribution in [3.05, 3.63) is 66.5 Å². The predicted molar refractivity (Wildman–Crippen MR) is 116 cm³/mol. The summed E-state index contributed by atoms with van der Waals surface area (Å²) in [5.74, 6) is -0.315. The van der Waals surface area contributed by atoms with E-state index in [1.54, 1.807) is 4.90 Å². The lowest BCUT2D eigenvalue weighted by molar-refractivity contribution is -0.137. The highest BCUT2D eigenvalue weighted by molar-refractivity contribution is 7.89. The fourth-order valence-corrected chi connectivity index (χ4v) is 4.58. The van der Waals surface area contributed by atoms with Crippen LogP contribution in [-0.2, 0) is 34.6 Å². The third-order valence-corrected chi connectivity index (χ3v) is 6.59. The lowest BCUT2D eigenvalue weighted by atomic mass is 10.2. The molecule has 2 rings (SSSR count). The number of hydrogen-bond acceptors (Lipinski definition) is 3. The molecule has 0 spiro atoms. The Kier molecular flexibility index (Phi) is 8.30. The van der Waals surface area contributed by atoms with Gasteiger partial charge in [-0.25, -0.2) is 8.42 Å². The summed E-state index contributed by atoms with van der Waals surface area (Å²) in [6, 6.07) is 7.19. The summed E-state index contributed by atoms with van der Waals surface area (Å²) < 4.78 is 68.1. The molecule has 0 aliphatic carbocycles. The lowest BCUT2D eigenvalue weighted by Gasteiger charge is -2.28. The summed E-state index contributed by atoms with van der Waals surface area (Å²) in [6.45, 7) is 7.35. The molecule has 1 amide bonds. The molecule has 0 saturated carbocycles. The molecule has 10 heteroatoms. The quantitative estimate of drug-likeness (QED) is 0.494. The third kappa shape index (κ3) is 6.46. The number of sulfonamides is 1. The Bertz CT molecular complexity index is 1050. The van der Waals surface area contributed by atoms with Gasteiger partial charge in [-0.1, -0.05) is 26.0 Å². The van der Waals surface area contributed by atoms with E-state index < -0.39 is 39.1 Å². The molecule has 1 aromatic carbocycles. The number of halogens is 3. The van der Waals surface area contributed by atoms with Crippen LogP contribution in [0.1, 0.15) is 25.1 Å². The summed E-state index contributed by atoms with van der Waals surface area (Å²) in [4.78, 5) is 14.1. The Hall–Kier alpha value is -2.59. The summed E-state index contributed by atoms with van der Waals surface area (Å²) >= 11 is 0. The molecule has 0 N–H and O–H groups in total. The number of alkyl halides is 3. The van der Waals surface area contributed by atoms with Gasteiger partial charge in [0.25, 0.3) is 0 Å². The average Bonchev–Trinajstić information content (AvgIpc) is 3.10. The largest absolute Gasteiger partial charge is 0.416 e. The number of hydrogen-bond donors (Lipinski definition) is 0. The van der Waals surface area contributed by atoms with Crippen molar-refractivity contribution < 1.29 is 26.4 Å². The van der Waals surface area contributed by atoms with Crippen molar-refractivity contribution in [2.75, 3.05) is 19.6 Å². The van der Waals surface area contributed by atoms with Crippen LogP contribution >= 0.6 is 0 Å². The Labute approximate surface area is 187 Å². The zero-order valence-electron chi connectivity index (χ0n) is 18.3. The molecule has 1 aromatic heterocycles. The van der Waals surface area contributed by atoms with E-state index in [2.05, 4.69) is 6.58 Å². The van der Waals surface area contributed by atoms with Gasteiger partial charge in [0.1, 0.15) is 0 Å². The Balaban J connectivity index is 2.33. The maximum atomic E-state index is 13.1. The molecular formula is C22H28F3N3O3S. The first-order chi connectivity index (χ1) is 14.9. The summed E-state index contributed by atoms with van der Waals surface area (Å²) in [6.07, 6.45) is -1.55. The van der Waals surface area contributed by atoms with Crippen molar-refractivity contribution in [2.45, 2.75) is 31.5 Å². The molecule has 32 heavy (non-hydrogen) atoms. The maximum absolute atomic E-state index is 13.1. The lowest BCUT2D eigenvalue weighted by Crippen LogP contribution is -2.44. The first-order valence-electron chi connectivity index (χ1n) is 10.0. The first-order valence-corrected chi connectivity index (χ1v) is 11.5. The number of carbonyl (C=O) groups is 1. The van der Waals surface area contributed by atoms with E-state index >= 15 is 0 Å². The number of amides is 1. The second-order valence-corrected chi connectivity index (χ2v) is 9.83. The molecule has 176 valence electrons. The van der Waals surface area contributed by atoms with E-state index in [0.29, 0.717) is 12.6 Å².